The van der Waals surface area contributed by atoms with Crippen molar-refractivity contribution < 1.29 is 9.53 Å². The van der Waals surface area contributed by atoms with E-state index in [0.717, 1.165) is 5.56 Å². The van der Waals surface area contributed by atoms with E-state index in [4.69, 9.17) is 4.74 Å². The van der Waals surface area contributed by atoms with E-state index in [-0.39, 0.29) is 12.6 Å². The molecule has 13 heavy (non-hydrogen) atoms. The molecule has 1 aliphatic heterocycles. The van der Waals surface area contributed by atoms with Crippen LogP contribution in [0.3, 0.4) is 0 Å². The van der Waals surface area contributed by atoms with Crippen molar-refractivity contribution in [2.75, 3.05) is 6.73 Å². The molecule has 2 rings (SSSR count). The van der Waals surface area contributed by atoms with E-state index in [0.29, 0.717) is 5.76 Å². The molecule has 0 unspecified atom stereocenters. The number of amides is 1. The first kappa shape index (κ1) is 7.86. The molecule has 3 nitrogen and oxygen atoms in total. The van der Waals surface area contributed by atoms with Crippen molar-refractivity contribution in [1.82, 2.24) is 5.32 Å². The van der Waals surface area contributed by atoms with Crippen LogP contribution >= 0.6 is 0 Å². The molecule has 0 bridgehead atoms. The van der Waals surface area contributed by atoms with E-state index < -0.39 is 0 Å². The van der Waals surface area contributed by atoms with Gasteiger partial charge in [-0.25, -0.2) is 0 Å². The highest BCUT2D eigenvalue weighted by atomic mass is 16.5. The van der Waals surface area contributed by atoms with Gasteiger partial charge in [0.2, 0.25) is 5.91 Å². The Bertz CT molecular complexity index is 343. The summed E-state index contributed by atoms with van der Waals surface area (Å²) in [6, 6.07) is 9.56. The van der Waals surface area contributed by atoms with Gasteiger partial charge in [-0.2, -0.15) is 0 Å². The third kappa shape index (κ3) is 1.69. The Morgan fingerprint density at radius 1 is 1.23 bits per heavy atom. The number of carbonyl (C=O) groups excluding carboxylic acids is 1. The summed E-state index contributed by atoms with van der Waals surface area (Å²) < 4.78 is 5.26. The molecule has 0 spiro atoms. The fraction of sp³-hybridized carbons (Fsp3) is 0.100. The third-order valence-corrected chi connectivity index (χ3v) is 1.79. The van der Waals surface area contributed by atoms with Crippen LogP contribution in [-0.2, 0) is 9.53 Å². The monoisotopic (exact) mass is 175 g/mol. The van der Waals surface area contributed by atoms with Gasteiger partial charge in [-0.15, -0.1) is 0 Å². The largest absolute Gasteiger partial charge is 0.472 e. The Balaban J connectivity index is 2.31. The number of nitrogens with one attached hydrogen (secondary N) is 1. The molecule has 66 valence electrons. The number of rotatable bonds is 1. The molecule has 0 aliphatic carbocycles. The Morgan fingerprint density at radius 3 is 2.69 bits per heavy atom. The lowest BCUT2D eigenvalue weighted by Crippen LogP contribution is -2.28. The quantitative estimate of drug-likeness (QED) is 0.694. The van der Waals surface area contributed by atoms with Gasteiger partial charge < -0.3 is 10.1 Å². The minimum Gasteiger partial charge on any atom is -0.472 e. The second kappa shape index (κ2) is 3.31. The molecule has 0 radical (unpaired) electrons. The first-order valence-electron chi connectivity index (χ1n) is 4.04. The normalized spacial score (nSPS) is 15.7. The van der Waals surface area contributed by atoms with Crippen LogP contribution in [0.15, 0.2) is 36.4 Å². The summed E-state index contributed by atoms with van der Waals surface area (Å²) in [5.41, 5.74) is 0.928. The molecule has 0 fully saturated rings. The first-order valence-corrected chi connectivity index (χ1v) is 4.04. The molecule has 3 heteroatoms. The highest BCUT2D eigenvalue weighted by Gasteiger charge is 2.10. The van der Waals surface area contributed by atoms with Crippen molar-refractivity contribution in [1.29, 1.82) is 0 Å². The summed E-state index contributed by atoms with van der Waals surface area (Å²) in [5.74, 6) is 0.523. The third-order valence-electron chi connectivity index (χ3n) is 1.79. The second-order valence-corrected chi connectivity index (χ2v) is 2.70. The van der Waals surface area contributed by atoms with Crippen molar-refractivity contribution in [3.05, 3.63) is 42.0 Å². The second-order valence-electron chi connectivity index (χ2n) is 2.70. The van der Waals surface area contributed by atoms with Crippen molar-refractivity contribution in [2.45, 2.75) is 0 Å². The van der Waals surface area contributed by atoms with E-state index in [1.54, 1.807) is 0 Å². The predicted octanol–water partition coefficient (Wildman–Crippen LogP) is 1.13. The lowest BCUT2D eigenvalue weighted by Gasteiger charge is -2.15. The molecule has 0 atom stereocenters. The van der Waals surface area contributed by atoms with E-state index in [1.807, 2.05) is 30.3 Å². The number of hydrogen-bond acceptors (Lipinski definition) is 2. The van der Waals surface area contributed by atoms with Crippen LogP contribution in [-0.4, -0.2) is 12.6 Å². The molecule has 1 amide bonds. The zero-order chi connectivity index (χ0) is 9.10. The van der Waals surface area contributed by atoms with E-state index in [1.165, 1.54) is 6.08 Å². The van der Waals surface area contributed by atoms with Gasteiger partial charge in [0, 0.05) is 11.6 Å². The lowest BCUT2D eigenvalue weighted by molar-refractivity contribution is -0.118. The average molecular weight is 175 g/mol. The van der Waals surface area contributed by atoms with Gasteiger partial charge in [0.15, 0.2) is 6.73 Å². The maximum Gasteiger partial charge on any atom is 0.250 e. The van der Waals surface area contributed by atoms with Crippen LogP contribution in [0.2, 0.25) is 0 Å². The summed E-state index contributed by atoms with van der Waals surface area (Å²) in [5, 5.41) is 2.54. The van der Waals surface area contributed by atoms with Crippen LogP contribution in [0.4, 0.5) is 0 Å². The van der Waals surface area contributed by atoms with Crippen molar-refractivity contribution >= 4 is 11.7 Å². The van der Waals surface area contributed by atoms with Crippen LogP contribution in [0.5, 0.6) is 0 Å². The number of benzene rings is 1. The molecule has 1 heterocycles. The molecule has 0 saturated carbocycles. The highest BCUT2D eigenvalue weighted by molar-refractivity contribution is 5.94. The summed E-state index contributed by atoms with van der Waals surface area (Å²) in [6.45, 7) is 0.250. The van der Waals surface area contributed by atoms with Gasteiger partial charge in [-0.3, -0.25) is 4.79 Å². The Labute approximate surface area is 76.0 Å². The van der Waals surface area contributed by atoms with Gasteiger partial charge in [-0.05, 0) is 0 Å². The molecule has 0 aromatic heterocycles. The van der Waals surface area contributed by atoms with Crippen molar-refractivity contribution in [3.63, 3.8) is 0 Å². The van der Waals surface area contributed by atoms with Gasteiger partial charge in [0.05, 0.1) is 0 Å². The smallest absolute Gasteiger partial charge is 0.250 e. The topological polar surface area (TPSA) is 38.3 Å². The van der Waals surface area contributed by atoms with Crippen LogP contribution < -0.4 is 5.32 Å². The number of hydrogen-bond donors (Lipinski definition) is 1. The molecule has 1 aromatic carbocycles. The first-order chi connectivity index (χ1) is 6.36. The van der Waals surface area contributed by atoms with E-state index in [2.05, 4.69) is 5.32 Å². The Morgan fingerprint density at radius 2 is 2.00 bits per heavy atom. The maximum atomic E-state index is 11.0. The highest BCUT2D eigenvalue weighted by Crippen LogP contribution is 2.16. The summed E-state index contributed by atoms with van der Waals surface area (Å²) in [7, 11) is 0. The van der Waals surface area contributed by atoms with Gasteiger partial charge in [0.25, 0.3) is 0 Å². The Kier molecular flexibility index (Phi) is 2.00. The number of carbonyl (C=O) groups is 1. The molecule has 1 aliphatic rings. The van der Waals surface area contributed by atoms with Crippen molar-refractivity contribution in [2.24, 2.45) is 0 Å². The van der Waals surface area contributed by atoms with Crippen LogP contribution in [0.25, 0.3) is 5.76 Å². The zero-order valence-corrected chi connectivity index (χ0v) is 6.99. The number of ether oxygens (including phenoxy) is 1. The van der Waals surface area contributed by atoms with Crippen molar-refractivity contribution in [3.8, 4) is 0 Å². The maximum absolute atomic E-state index is 11.0. The standard InChI is InChI=1S/C10H9NO2/c12-10-6-9(13-7-11-10)8-4-2-1-3-5-8/h1-6H,7H2,(H,11,12). The molecule has 1 aromatic rings. The summed E-state index contributed by atoms with van der Waals surface area (Å²) >= 11 is 0. The van der Waals surface area contributed by atoms with Crippen LogP contribution in [0, 0.1) is 0 Å². The zero-order valence-electron chi connectivity index (χ0n) is 6.99. The van der Waals surface area contributed by atoms with E-state index in [9.17, 15) is 4.79 Å². The van der Waals surface area contributed by atoms with Gasteiger partial charge >= 0.3 is 0 Å². The average Bonchev–Trinajstić information content (AvgIpc) is 2.19. The Hall–Kier alpha value is -1.77. The summed E-state index contributed by atoms with van der Waals surface area (Å²) in [6.07, 6.45) is 1.46. The molecule has 0 saturated heterocycles. The SMILES string of the molecule is O=C1C=C(c2ccccc2)OCN1. The van der Waals surface area contributed by atoms with E-state index >= 15 is 0 Å². The lowest BCUT2D eigenvalue weighted by atomic mass is 10.2. The van der Waals surface area contributed by atoms with Gasteiger partial charge in [0.1, 0.15) is 5.76 Å². The minimum absolute atomic E-state index is 0.106. The fourth-order valence-electron chi connectivity index (χ4n) is 1.17. The molecular formula is C10H9NO2. The fourth-order valence-corrected chi connectivity index (χ4v) is 1.17. The summed E-state index contributed by atoms with van der Waals surface area (Å²) in [4.78, 5) is 11.0. The molecular weight excluding hydrogens is 166 g/mol. The molecule has 1 N–H and O–H groups in total. The predicted molar refractivity (Wildman–Crippen MR) is 48.5 cm³/mol. The minimum atomic E-state index is -0.106. The van der Waals surface area contributed by atoms with Gasteiger partial charge in [-0.1, -0.05) is 30.3 Å². The van der Waals surface area contributed by atoms with Crippen LogP contribution in [0.1, 0.15) is 5.56 Å².